The molecule has 1 aromatic rings. The number of carbonyl (C=O) groups is 1. The molecular weight excluding hydrogens is 312 g/mol. The standard InChI is InChI=1S/C21H32N2O2/c1-14(2)19(10-15-6-4-3-5-7-15)23-21(25)20-12-16-8-9-18(24)11-17(16)13-22-20/h8-9,11,14-15,19-20,22,24H,3-7,10,12-13H2,1-2H3,(H,23,25)/t19-,20+/m0/s1. The lowest BCUT2D eigenvalue weighted by Crippen LogP contribution is -2.52. The van der Waals surface area contributed by atoms with Gasteiger partial charge >= 0.3 is 0 Å². The Hall–Kier alpha value is -1.55. The van der Waals surface area contributed by atoms with Gasteiger partial charge in [-0.25, -0.2) is 0 Å². The number of aromatic hydroxyl groups is 1. The van der Waals surface area contributed by atoms with E-state index in [4.69, 9.17) is 0 Å². The van der Waals surface area contributed by atoms with E-state index in [1.54, 1.807) is 12.1 Å². The van der Waals surface area contributed by atoms with Gasteiger partial charge < -0.3 is 15.7 Å². The molecule has 25 heavy (non-hydrogen) atoms. The number of hydrogen-bond acceptors (Lipinski definition) is 3. The normalized spacial score (nSPS) is 22.4. The number of benzene rings is 1. The second-order valence-corrected chi connectivity index (χ2v) is 8.19. The average molecular weight is 344 g/mol. The maximum absolute atomic E-state index is 12.8. The van der Waals surface area contributed by atoms with Crippen molar-refractivity contribution in [2.45, 2.75) is 77.4 Å². The van der Waals surface area contributed by atoms with Crippen molar-refractivity contribution >= 4 is 5.91 Å². The zero-order chi connectivity index (χ0) is 17.8. The van der Waals surface area contributed by atoms with Gasteiger partial charge in [-0.2, -0.15) is 0 Å². The van der Waals surface area contributed by atoms with Crippen molar-refractivity contribution in [1.29, 1.82) is 0 Å². The molecule has 1 amide bonds. The first-order chi connectivity index (χ1) is 12.0. The third-order valence-electron chi connectivity index (χ3n) is 5.91. The second kappa shape index (κ2) is 8.22. The molecule has 3 rings (SSSR count). The molecule has 0 aromatic heterocycles. The van der Waals surface area contributed by atoms with Crippen molar-refractivity contribution in [1.82, 2.24) is 10.6 Å². The van der Waals surface area contributed by atoms with Crippen LogP contribution in [0.2, 0.25) is 0 Å². The Balaban J connectivity index is 1.58. The highest BCUT2D eigenvalue weighted by molar-refractivity contribution is 5.82. The summed E-state index contributed by atoms with van der Waals surface area (Å²) in [5, 5.41) is 16.2. The highest BCUT2D eigenvalue weighted by atomic mass is 16.3. The Morgan fingerprint density at radius 1 is 1.24 bits per heavy atom. The molecule has 4 heteroatoms. The van der Waals surface area contributed by atoms with Crippen LogP contribution in [0.5, 0.6) is 5.75 Å². The van der Waals surface area contributed by atoms with Gasteiger partial charge in [0.05, 0.1) is 6.04 Å². The highest BCUT2D eigenvalue weighted by Crippen LogP contribution is 2.29. The van der Waals surface area contributed by atoms with Crippen molar-refractivity contribution in [3.63, 3.8) is 0 Å². The molecule has 0 saturated heterocycles. The summed E-state index contributed by atoms with van der Waals surface area (Å²) in [7, 11) is 0. The van der Waals surface area contributed by atoms with E-state index in [0.29, 0.717) is 18.9 Å². The largest absolute Gasteiger partial charge is 0.508 e. The molecular formula is C21H32N2O2. The van der Waals surface area contributed by atoms with Crippen molar-refractivity contribution in [3.05, 3.63) is 29.3 Å². The predicted molar refractivity (Wildman–Crippen MR) is 100 cm³/mol. The maximum Gasteiger partial charge on any atom is 0.237 e. The number of carbonyl (C=O) groups excluding carboxylic acids is 1. The summed E-state index contributed by atoms with van der Waals surface area (Å²) in [5.41, 5.74) is 2.25. The van der Waals surface area contributed by atoms with E-state index in [2.05, 4.69) is 24.5 Å². The number of phenols is 1. The van der Waals surface area contributed by atoms with E-state index in [1.807, 2.05) is 6.07 Å². The quantitative estimate of drug-likeness (QED) is 0.766. The van der Waals surface area contributed by atoms with Gasteiger partial charge in [0.1, 0.15) is 5.75 Å². The number of phenolic OH excluding ortho intramolecular Hbond substituents is 1. The van der Waals surface area contributed by atoms with Crippen LogP contribution in [0.25, 0.3) is 0 Å². The van der Waals surface area contributed by atoms with Crippen molar-refractivity contribution in [3.8, 4) is 5.75 Å². The van der Waals surface area contributed by atoms with Gasteiger partial charge in [-0.3, -0.25) is 4.79 Å². The third-order valence-corrected chi connectivity index (χ3v) is 5.91. The zero-order valence-electron chi connectivity index (χ0n) is 15.6. The fraction of sp³-hybridized carbons (Fsp3) is 0.667. The fourth-order valence-corrected chi connectivity index (χ4v) is 4.25. The number of rotatable bonds is 5. The second-order valence-electron chi connectivity index (χ2n) is 8.19. The summed E-state index contributed by atoms with van der Waals surface area (Å²) >= 11 is 0. The van der Waals surface area contributed by atoms with Gasteiger partial charge in [0.2, 0.25) is 5.91 Å². The number of hydrogen-bond donors (Lipinski definition) is 3. The van der Waals surface area contributed by atoms with E-state index < -0.39 is 0 Å². The maximum atomic E-state index is 12.8. The number of fused-ring (bicyclic) bond motifs is 1. The molecule has 2 aliphatic rings. The van der Waals surface area contributed by atoms with Crippen molar-refractivity contribution in [2.75, 3.05) is 0 Å². The third kappa shape index (κ3) is 4.75. The Morgan fingerprint density at radius 2 is 2.00 bits per heavy atom. The van der Waals surface area contributed by atoms with Gasteiger partial charge in [0.15, 0.2) is 0 Å². The zero-order valence-corrected chi connectivity index (χ0v) is 15.6. The van der Waals surface area contributed by atoms with E-state index in [9.17, 15) is 9.90 Å². The molecule has 0 spiro atoms. The topological polar surface area (TPSA) is 61.4 Å². The van der Waals surface area contributed by atoms with Crippen LogP contribution in [-0.4, -0.2) is 23.1 Å². The smallest absolute Gasteiger partial charge is 0.237 e. The predicted octanol–water partition coefficient (Wildman–Crippen LogP) is 3.52. The van der Waals surface area contributed by atoms with E-state index in [0.717, 1.165) is 23.5 Å². The molecule has 1 heterocycles. The SMILES string of the molecule is CC(C)[C@H](CC1CCCCC1)NC(=O)[C@H]1Cc2ccc(O)cc2CN1. The highest BCUT2D eigenvalue weighted by Gasteiger charge is 2.28. The van der Waals surface area contributed by atoms with E-state index in [-0.39, 0.29) is 23.7 Å². The van der Waals surface area contributed by atoms with Crippen LogP contribution in [0.15, 0.2) is 18.2 Å². The summed E-state index contributed by atoms with van der Waals surface area (Å²) in [6.07, 6.45) is 8.50. The number of amides is 1. The van der Waals surface area contributed by atoms with Crippen molar-refractivity contribution < 1.29 is 9.90 Å². The molecule has 0 unspecified atom stereocenters. The summed E-state index contributed by atoms with van der Waals surface area (Å²) in [6, 6.07) is 5.52. The van der Waals surface area contributed by atoms with Gasteiger partial charge in [-0.1, -0.05) is 52.0 Å². The van der Waals surface area contributed by atoms with Crippen LogP contribution in [0.3, 0.4) is 0 Å². The summed E-state index contributed by atoms with van der Waals surface area (Å²) < 4.78 is 0. The lowest BCUT2D eigenvalue weighted by molar-refractivity contribution is -0.124. The van der Waals surface area contributed by atoms with Gasteiger partial charge in [0.25, 0.3) is 0 Å². The fourth-order valence-electron chi connectivity index (χ4n) is 4.25. The Morgan fingerprint density at radius 3 is 2.72 bits per heavy atom. The van der Waals surface area contributed by atoms with Crippen LogP contribution in [-0.2, 0) is 17.8 Å². The molecule has 1 aromatic carbocycles. The molecule has 3 N–H and O–H groups in total. The minimum Gasteiger partial charge on any atom is -0.508 e. The molecule has 0 radical (unpaired) electrons. The Labute approximate surface area is 151 Å². The first kappa shape index (κ1) is 18.2. The minimum atomic E-state index is -0.176. The van der Waals surface area contributed by atoms with E-state index >= 15 is 0 Å². The van der Waals surface area contributed by atoms with Crippen LogP contribution >= 0.6 is 0 Å². The van der Waals surface area contributed by atoms with Crippen LogP contribution in [0.4, 0.5) is 0 Å². The van der Waals surface area contributed by atoms with Crippen LogP contribution < -0.4 is 10.6 Å². The Kier molecular flexibility index (Phi) is 6.00. The van der Waals surface area contributed by atoms with Crippen LogP contribution in [0.1, 0.15) is 63.5 Å². The molecule has 138 valence electrons. The average Bonchev–Trinajstić information content (AvgIpc) is 2.61. The Bertz CT molecular complexity index is 594. The summed E-state index contributed by atoms with van der Waals surface area (Å²) in [4.78, 5) is 12.8. The molecule has 1 saturated carbocycles. The molecule has 1 aliphatic carbocycles. The number of nitrogens with one attached hydrogen (secondary N) is 2. The van der Waals surface area contributed by atoms with Crippen LogP contribution in [0, 0.1) is 11.8 Å². The molecule has 4 nitrogen and oxygen atoms in total. The monoisotopic (exact) mass is 344 g/mol. The molecule has 2 atom stereocenters. The lowest BCUT2D eigenvalue weighted by Gasteiger charge is -2.32. The van der Waals surface area contributed by atoms with Gasteiger partial charge in [-0.15, -0.1) is 0 Å². The summed E-state index contributed by atoms with van der Waals surface area (Å²) in [5.74, 6) is 1.63. The summed E-state index contributed by atoms with van der Waals surface area (Å²) in [6.45, 7) is 5.05. The van der Waals surface area contributed by atoms with Crippen molar-refractivity contribution in [2.24, 2.45) is 11.8 Å². The molecule has 1 fully saturated rings. The first-order valence-electron chi connectivity index (χ1n) is 9.87. The minimum absolute atomic E-state index is 0.119. The molecule has 1 aliphatic heterocycles. The molecule has 0 bridgehead atoms. The van der Waals surface area contributed by atoms with E-state index in [1.165, 1.54) is 32.1 Å². The van der Waals surface area contributed by atoms with Gasteiger partial charge in [0, 0.05) is 12.6 Å². The van der Waals surface area contributed by atoms with Gasteiger partial charge in [-0.05, 0) is 47.9 Å². The lowest BCUT2D eigenvalue weighted by atomic mass is 9.82. The first-order valence-corrected chi connectivity index (χ1v) is 9.87.